The number of benzene rings is 1. The molecular formula is C15H23F3N2O. The molecule has 0 fully saturated rings. The molecule has 0 radical (unpaired) electrons. The van der Waals surface area contributed by atoms with Crippen molar-refractivity contribution in [3.8, 4) is 0 Å². The summed E-state index contributed by atoms with van der Waals surface area (Å²) in [5.41, 5.74) is 2.20. The lowest BCUT2D eigenvalue weighted by Crippen LogP contribution is -2.38. The van der Waals surface area contributed by atoms with E-state index < -0.39 is 12.7 Å². The van der Waals surface area contributed by atoms with Crippen LogP contribution in [-0.4, -0.2) is 49.5 Å². The third kappa shape index (κ3) is 6.93. The lowest BCUT2D eigenvalue weighted by molar-refractivity contribution is -0.147. The zero-order valence-corrected chi connectivity index (χ0v) is 12.5. The molecule has 0 spiro atoms. The Labute approximate surface area is 123 Å². The number of nitrogens with zero attached hydrogens (tertiary/aromatic N) is 1. The second kappa shape index (κ2) is 8.36. The molecule has 1 unspecified atom stereocenters. The zero-order valence-electron chi connectivity index (χ0n) is 12.5. The van der Waals surface area contributed by atoms with Crippen molar-refractivity contribution in [3.05, 3.63) is 35.4 Å². The van der Waals surface area contributed by atoms with Crippen LogP contribution in [0.5, 0.6) is 0 Å². The quantitative estimate of drug-likeness (QED) is 0.774. The zero-order chi connectivity index (χ0) is 15.9. The fourth-order valence-corrected chi connectivity index (χ4v) is 2.25. The molecule has 0 bridgehead atoms. The summed E-state index contributed by atoms with van der Waals surface area (Å²) in [5, 5.41) is 12.0. The Morgan fingerprint density at radius 2 is 1.81 bits per heavy atom. The molecule has 2 N–H and O–H groups in total. The van der Waals surface area contributed by atoms with Crippen LogP contribution in [0.3, 0.4) is 0 Å². The van der Waals surface area contributed by atoms with Gasteiger partial charge in [0, 0.05) is 19.1 Å². The maximum atomic E-state index is 12.5. The molecule has 1 atom stereocenters. The highest BCUT2D eigenvalue weighted by Crippen LogP contribution is 2.20. The van der Waals surface area contributed by atoms with Crippen LogP contribution in [0.2, 0.25) is 0 Å². The lowest BCUT2D eigenvalue weighted by Gasteiger charge is -2.25. The fourth-order valence-electron chi connectivity index (χ4n) is 2.25. The van der Waals surface area contributed by atoms with Gasteiger partial charge in [-0.05, 0) is 26.0 Å². The number of rotatable bonds is 8. The molecule has 0 heterocycles. The van der Waals surface area contributed by atoms with E-state index >= 15 is 0 Å². The molecule has 0 aliphatic heterocycles. The van der Waals surface area contributed by atoms with Crippen molar-refractivity contribution in [2.75, 3.05) is 33.3 Å². The molecule has 0 saturated carbocycles. The van der Waals surface area contributed by atoms with Crippen molar-refractivity contribution in [1.82, 2.24) is 10.2 Å². The van der Waals surface area contributed by atoms with Gasteiger partial charge < -0.3 is 10.4 Å². The third-order valence-electron chi connectivity index (χ3n) is 3.38. The largest absolute Gasteiger partial charge is 0.401 e. The molecule has 21 heavy (non-hydrogen) atoms. The van der Waals surface area contributed by atoms with Crippen molar-refractivity contribution in [2.24, 2.45) is 0 Å². The average Bonchev–Trinajstić information content (AvgIpc) is 2.39. The van der Waals surface area contributed by atoms with Gasteiger partial charge in [-0.25, -0.2) is 0 Å². The standard InChI is InChI=1S/C15H23F3N2O/c1-12-3-5-13(6-4-12)14(19-2)7-8-20(9-10-21)11-15(16,17)18/h3-6,14,19,21H,7-11H2,1-2H3. The van der Waals surface area contributed by atoms with Gasteiger partial charge in [0.1, 0.15) is 0 Å². The highest BCUT2D eigenvalue weighted by molar-refractivity contribution is 5.24. The Morgan fingerprint density at radius 3 is 2.29 bits per heavy atom. The van der Waals surface area contributed by atoms with Crippen LogP contribution in [0.4, 0.5) is 13.2 Å². The minimum absolute atomic E-state index is 0.0000246. The van der Waals surface area contributed by atoms with E-state index in [4.69, 9.17) is 5.11 Å². The minimum Gasteiger partial charge on any atom is -0.395 e. The summed E-state index contributed by atoms with van der Waals surface area (Å²) in [7, 11) is 1.80. The Morgan fingerprint density at radius 1 is 1.19 bits per heavy atom. The number of alkyl halides is 3. The van der Waals surface area contributed by atoms with Gasteiger partial charge in [0.2, 0.25) is 0 Å². The van der Waals surface area contributed by atoms with Crippen LogP contribution in [-0.2, 0) is 0 Å². The summed E-state index contributed by atoms with van der Waals surface area (Å²) < 4.78 is 37.4. The highest BCUT2D eigenvalue weighted by Gasteiger charge is 2.30. The van der Waals surface area contributed by atoms with Gasteiger partial charge in [0.05, 0.1) is 13.2 Å². The first-order valence-corrected chi connectivity index (χ1v) is 6.99. The van der Waals surface area contributed by atoms with Crippen LogP contribution in [0.1, 0.15) is 23.6 Å². The number of aliphatic hydroxyl groups is 1. The van der Waals surface area contributed by atoms with Crippen LogP contribution in [0.15, 0.2) is 24.3 Å². The highest BCUT2D eigenvalue weighted by atomic mass is 19.4. The summed E-state index contributed by atoms with van der Waals surface area (Å²) in [6.45, 7) is 1.04. The summed E-state index contributed by atoms with van der Waals surface area (Å²) >= 11 is 0. The third-order valence-corrected chi connectivity index (χ3v) is 3.38. The summed E-state index contributed by atoms with van der Waals surface area (Å²) in [6, 6.07) is 7.94. The fraction of sp³-hybridized carbons (Fsp3) is 0.600. The van der Waals surface area contributed by atoms with Gasteiger partial charge in [0.25, 0.3) is 0 Å². The molecule has 0 aliphatic rings. The van der Waals surface area contributed by atoms with Crippen molar-refractivity contribution in [1.29, 1.82) is 0 Å². The van der Waals surface area contributed by atoms with E-state index in [1.54, 1.807) is 7.05 Å². The van der Waals surface area contributed by atoms with Gasteiger partial charge in [-0.15, -0.1) is 0 Å². The number of aryl methyl sites for hydroxylation is 1. The Bertz CT molecular complexity index is 406. The maximum absolute atomic E-state index is 12.5. The maximum Gasteiger partial charge on any atom is 0.401 e. The normalized spacial score (nSPS) is 13.7. The van der Waals surface area contributed by atoms with Gasteiger partial charge >= 0.3 is 6.18 Å². The molecule has 0 saturated heterocycles. The van der Waals surface area contributed by atoms with E-state index in [0.717, 1.165) is 11.1 Å². The van der Waals surface area contributed by atoms with Gasteiger partial charge in [-0.3, -0.25) is 4.90 Å². The average molecular weight is 304 g/mol. The van der Waals surface area contributed by atoms with E-state index in [-0.39, 0.29) is 25.7 Å². The van der Waals surface area contributed by atoms with Crippen molar-refractivity contribution < 1.29 is 18.3 Å². The molecule has 120 valence electrons. The molecule has 1 aromatic carbocycles. The summed E-state index contributed by atoms with van der Waals surface area (Å²) in [5.74, 6) is 0. The van der Waals surface area contributed by atoms with Crippen molar-refractivity contribution in [2.45, 2.75) is 25.6 Å². The first-order chi connectivity index (χ1) is 9.85. The van der Waals surface area contributed by atoms with Crippen LogP contribution >= 0.6 is 0 Å². The van der Waals surface area contributed by atoms with E-state index in [1.165, 1.54) is 4.90 Å². The minimum atomic E-state index is -4.24. The van der Waals surface area contributed by atoms with Gasteiger partial charge in [-0.1, -0.05) is 29.8 Å². The molecule has 0 amide bonds. The molecule has 1 rings (SSSR count). The van der Waals surface area contributed by atoms with E-state index in [9.17, 15) is 13.2 Å². The van der Waals surface area contributed by atoms with Gasteiger partial charge in [0.15, 0.2) is 0 Å². The van der Waals surface area contributed by atoms with Gasteiger partial charge in [-0.2, -0.15) is 13.2 Å². The monoisotopic (exact) mass is 304 g/mol. The molecule has 0 aliphatic carbocycles. The SMILES string of the molecule is CNC(CCN(CCO)CC(F)(F)F)c1ccc(C)cc1. The smallest absolute Gasteiger partial charge is 0.395 e. The second-order valence-electron chi connectivity index (χ2n) is 5.16. The van der Waals surface area contributed by atoms with Crippen LogP contribution in [0, 0.1) is 6.92 Å². The topological polar surface area (TPSA) is 35.5 Å². The predicted molar refractivity (Wildman–Crippen MR) is 77.2 cm³/mol. The lowest BCUT2D eigenvalue weighted by atomic mass is 10.0. The first-order valence-electron chi connectivity index (χ1n) is 6.99. The summed E-state index contributed by atoms with van der Waals surface area (Å²) in [4.78, 5) is 1.23. The predicted octanol–water partition coefficient (Wildman–Crippen LogP) is 2.50. The van der Waals surface area contributed by atoms with Crippen LogP contribution in [0.25, 0.3) is 0 Å². The van der Waals surface area contributed by atoms with E-state index in [0.29, 0.717) is 6.42 Å². The number of nitrogens with one attached hydrogen (secondary N) is 1. The van der Waals surface area contributed by atoms with Crippen molar-refractivity contribution in [3.63, 3.8) is 0 Å². The molecule has 3 nitrogen and oxygen atoms in total. The number of halogens is 3. The Balaban J connectivity index is 2.61. The van der Waals surface area contributed by atoms with Crippen LogP contribution < -0.4 is 5.32 Å². The molecule has 6 heteroatoms. The Kier molecular flexibility index (Phi) is 7.14. The number of hydrogen-bond donors (Lipinski definition) is 2. The second-order valence-corrected chi connectivity index (χ2v) is 5.16. The molecular weight excluding hydrogens is 281 g/mol. The summed E-state index contributed by atoms with van der Waals surface area (Å²) in [6.07, 6.45) is -3.69. The van der Waals surface area contributed by atoms with E-state index in [2.05, 4.69) is 5.32 Å². The van der Waals surface area contributed by atoms with E-state index in [1.807, 2.05) is 31.2 Å². The number of aliphatic hydroxyl groups excluding tert-OH is 1. The Hall–Kier alpha value is -1.11. The molecule has 0 aromatic heterocycles. The number of hydrogen-bond acceptors (Lipinski definition) is 3. The first kappa shape index (κ1) is 17.9. The van der Waals surface area contributed by atoms with Crippen molar-refractivity contribution >= 4 is 0 Å². The molecule has 1 aromatic rings.